The van der Waals surface area contributed by atoms with Crippen LogP contribution in [-0.2, 0) is 31.8 Å². The fraction of sp³-hybridized carbons (Fsp3) is 0.462. The zero-order valence-electron chi connectivity index (χ0n) is 19.1. The number of fused-ring (bicyclic) bond motifs is 2. The van der Waals surface area contributed by atoms with Gasteiger partial charge in [-0.1, -0.05) is 30.3 Å². The first-order valence-corrected chi connectivity index (χ1v) is 11.8. The highest BCUT2D eigenvalue weighted by Gasteiger charge is 2.79. The number of rotatable bonds is 5. The first kappa shape index (κ1) is 23.4. The van der Waals surface area contributed by atoms with E-state index in [9.17, 15) is 23.1 Å². The molecule has 0 radical (unpaired) electrons. The Kier molecular flexibility index (Phi) is 5.22. The average Bonchev–Trinajstić information content (AvgIpc) is 3.43. The molecule has 4 fully saturated rings. The van der Waals surface area contributed by atoms with Crippen molar-refractivity contribution in [2.45, 2.75) is 49.2 Å². The molecule has 6 rings (SSSR count). The van der Waals surface area contributed by atoms with E-state index in [0.717, 1.165) is 17.7 Å². The van der Waals surface area contributed by atoms with Gasteiger partial charge in [-0.2, -0.15) is 18.4 Å². The third-order valence-electron chi connectivity index (χ3n) is 8.00. The minimum atomic E-state index is -4.76. The van der Waals surface area contributed by atoms with E-state index in [4.69, 9.17) is 19.5 Å². The van der Waals surface area contributed by atoms with E-state index in [0.29, 0.717) is 6.42 Å². The molecule has 6 atom stereocenters. The number of benzene rings is 2. The lowest BCUT2D eigenvalue weighted by atomic mass is 9.64. The van der Waals surface area contributed by atoms with Crippen LogP contribution in [0.25, 0.3) is 0 Å². The van der Waals surface area contributed by atoms with Crippen LogP contribution in [0.2, 0.25) is 0 Å². The fourth-order valence-electron chi connectivity index (χ4n) is 6.58. The van der Waals surface area contributed by atoms with Crippen molar-refractivity contribution in [2.75, 3.05) is 18.1 Å². The molecule has 2 aromatic carbocycles. The summed E-state index contributed by atoms with van der Waals surface area (Å²) >= 11 is 0. The Morgan fingerprint density at radius 3 is 2.72 bits per heavy atom. The van der Waals surface area contributed by atoms with Gasteiger partial charge in [-0.3, -0.25) is 9.69 Å². The van der Waals surface area contributed by atoms with E-state index in [1.54, 1.807) is 6.07 Å². The minimum Gasteiger partial charge on any atom is -0.390 e. The van der Waals surface area contributed by atoms with Crippen molar-refractivity contribution in [2.24, 2.45) is 11.8 Å². The number of hydrogen-bond donors (Lipinski definition) is 1. The van der Waals surface area contributed by atoms with Crippen molar-refractivity contribution in [1.29, 1.82) is 5.26 Å². The maximum atomic E-state index is 13.9. The van der Waals surface area contributed by atoms with Gasteiger partial charge in [0, 0.05) is 18.5 Å². The summed E-state index contributed by atoms with van der Waals surface area (Å²) in [6, 6.07) is 14.3. The Bertz CT molecular complexity index is 1250. The molecule has 7 nitrogen and oxygen atoms in total. The maximum Gasteiger partial charge on any atom is 0.417 e. The summed E-state index contributed by atoms with van der Waals surface area (Å²) in [7, 11) is 0. The van der Waals surface area contributed by atoms with Crippen molar-refractivity contribution in [3.8, 4) is 6.07 Å². The Morgan fingerprint density at radius 2 is 2.00 bits per heavy atom. The number of hydrogen-bond acceptors (Lipinski definition) is 6. The predicted molar refractivity (Wildman–Crippen MR) is 118 cm³/mol. The first-order chi connectivity index (χ1) is 17.2. The van der Waals surface area contributed by atoms with E-state index in [2.05, 4.69) is 0 Å². The van der Waals surface area contributed by atoms with Gasteiger partial charge in [0.1, 0.15) is 17.4 Å². The van der Waals surface area contributed by atoms with Crippen molar-refractivity contribution in [3.63, 3.8) is 0 Å². The molecule has 4 saturated heterocycles. The second-order valence-electron chi connectivity index (χ2n) is 9.88. The lowest BCUT2D eigenvalue weighted by molar-refractivity contribution is -0.171. The molecule has 2 bridgehead atoms. The van der Waals surface area contributed by atoms with Gasteiger partial charge in [-0.15, -0.1) is 0 Å². The van der Waals surface area contributed by atoms with E-state index >= 15 is 0 Å². The smallest absolute Gasteiger partial charge is 0.390 e. The summed E-state index contributed by atoms with van der Waals surface area (Å²) < 4.78 is 59.4. The third kappa shape index (κ3) is 3.23. The standard InChI is InChI=1S/C26H23F3N2O5/c27-26(28,29)18-10-17(7-6-16(18)12-30)31-22(33)20-21-23(31)35-9-8-25(21)19(32)11-24(20,36-25)14-34-13-15-4-2-1-3-5-15/h1-7,10,19-21,23,32H,8-9,11,13-14H2/t19-,20+,21-,23-,24-,25-/m0/s1. The molecule has 10 heteroatoms. The summed E-state index contributed by atoms with van der Waals surface area (Å²) in [4.78, 5) is 15.1. The van der Waals surface area contributed by atoms with Crippen LogP contribution in [0.4, 0.5) is 18.9 Å². The van der Waals surface area contributed by atoms with Crippen molar-refractivity contribution >= 4 is 11.6 Å². The molecule has 0 unspecified atom stereocenters. The number of aliphatic hydroxyl groups is 1. The van der Waals surface area contributed by atoms with E-state index < -0.39 is 58.6 Å². The summed E-state index contributed by atoms with van der Waals surface area (Å²) in [5.41, 5.74) is -2.85. The zero-order valence-corrected chi connectivity index (χ0v) is 19.1. The van der Waals surface area contributed by atoms with Crippen molar-refractivity contribution < 1.29 is 37.3 Å². The molecule has 0 saturated carbocycles. The van der Waals surface area contributed by atoms with Gasteiger partial charge in [0.15, 0.2) is 0 Å². The summed E-state index contributed by atoms with van der Waals surface area (Å²) in [5, 5.41) is 20.2. The first-order valence-electron chi connectivity index (χ1n) is 11.8. The number of nitrogens with zero attached hydrogens (tertiary/aromatic N) is 2. The molecule has 1 amide bonds. The number of alkyl halides is 3. The van der Waals surface area contributed by atoms with Crippen LogP contribution in [0.3, 0.4) is 0 Å². The molecule has 1 spiro atoms. The molecule has 0 aliphatic carbocycles. The molecule has 188 valence electrons. The maximum absolute atomic E-state index is 13.9. The van der Waals surface area contributed by atoms with Crippen LogP contribution in [0.15, 0.2) is 48.5 Å². The fourth-order valence-corrected chi connectivity index (χ4v) is 6.58. The number of anilines is 1. The molecular formula is C26H23F3N2O5. The number of aliphatic hydroxyl groups excluding tert-OH is 1. The lowest BCUT2D eigenvalue weighted by Gasteiger charge is -2.43. The molecule has 4 aliphatic rings. The lowest BCUT2D eigenvalue weighted by Crippen LogP contribution is -2.57. The monoisotopic (exact) mass is 500 g/mol. The van der Waals surface area contributed by atoms with Gasteiger partial charge in [-0.05, 0) is 23.8 Å². The Balaban J connectivity index is 1.36. The molecule has 36 heavy (non-hydrogen) atoms. The summed E-state index contributed by atoms with van der Waals surface area (Å²) in [5.74, 6) is -1.73. The molecular weight excluding hydrogens is 477 g/mol. The van der Waals surface area contributed by atoms with Gasteiger partial charge in [0.05, 0.1) is 55.0 Å². The molecule has 2 aromatic rings. The van der Waals surface area contributed by atoms with Gasteiger partial charge >= 0.3 is 6.18 Å². The number of amides is 1. The van der Waals surface area contributed by atoms with Crippen molar-refractivity contribution in [1.82, 2.24) is 0 Å². The zero-order chi connectivity index (χ0) is 25.3. The minimum absolute atomic E-state index is 0.00276. The van der Waals surface area contributed by atoms with Gasteiger partial charge in [0.2, 0.25) is 5.91 Å². The predicted octanol–water partition coefficient (Wildman–Crippen LogP) is 3.39. The Morgan fingerprint density at radius 1 is 1.22 bits per heavy atom. The van der Waals surface area contributed by atoms with Crippen LogP contribution >= 0.6 is 0 Å². The second kappa shape index (κ2) is 8.02. The van der Waals surface area contributed by atoms with E-state index in [1.165, 1.54) is 11.0 Å². The highest BCUT2D eigenvalue weighted by molar-refractivity contribution is 6.00. The number of nitriles is 1. The topological polar surface area (TPSA) is 92.0 Å². The average molecular weight is 500 g/mol. The number of carbonyl (C=O) groups is 1. The van der Waals surface area contributed by atoms with Crippen LogP contribution in [0.1, 0.15) is 29.5 Å². The van der Waals surface area contributed by atoms with Gasteiger partial charge in [0.25, 0.3) is 0 Å². The Labute approximate surface area is 205 Å². The number of carbonyl (C=O) groups excluding carboxylic acids is 1. The normalized spacial score (nSPS) is 34.6. The van der Waals surface area contributed by atoms with E-state index in [-0.39, 0.29) is 31.9 Å². The van der Waals surface area contributed by atoms with Crippen LogP contribution in [0.5, 0.6) is 0 Å². The SMILES string of the molecule is N#Cc1ccc(N2C(=O)[C@H]3[C@H]4[C@@H]2OCC[C@@]42O[C@]3(COCc3ccccc3)C[C@@H]2O)cc1C(F)(F)F. The van der Waals surface area contributed by atoms with Gasteiger partial charge < -0.3 is 19.3 Å². The highest BCUT2D eigenvalue weighted by atomic mass is 19.4. The Hall–Kier alpha value is -2.97. The largest absolute Gasteiger partial charge is 0.417 e. The van der Waals surface area contributed by atoms with Crippen molar-refractivity contribution in [3.05, 3.63) is 65.2 Å². The number of ether oxygens (including phenoxy) is 3. The van der Waals surface area contributed by atoms with Crippen LogP contribution in [-0.4, -0.2) is 47.8 Å². The molecule has 0 aromatic heterocycles. The summed E-state index contributed by atoms with van der Waals surface area (Å²) in [6.45, 7) is 0.516. The molecule has 4 aliphatic heterocycles. The van der Waals surface area contributed by atoms with Crippen LogP contribution < -0.4 is 4.90 Å². The van der Waals surface area contributed by atoms with Crippen LogP contribution in [0, 0.1) is 23.2 Å². The quantitative estimate of drug-likeness (QED) is 0.677. The highest BCUT2D eigenvalue weighted by Crippen LogP contribution is 2.65. The summed E-state index contributed by atoms with van der Waals surface area (Å²) in [6.07, 6.45) is -5.95. The second-order valence-corrected chi connectivity index (χ2v) is 9.88. The number of halogens is 3. The third-order valence-corrected chi connectivity index (χ3v) is 8.00. The van der Waals surface area contributed by atoms with E-state index in [1.807, 2.05) is 30.3 Å². The van der Waals surface area contributed by atoms with Gasteiger partial charge in [-0.25, -0.2) is 0 Å². The molecule has 1 N–H and O–H groups in total. The molecule has 4 heterocycles.